The van der Waals surface area contributed by atoms with Crippen LogP contribution in [-0.2, 0) is 6.42 Å². The van der Waals surface area contributed by atoms with E-state index in [2.05, 4.69) is 20.6 Å². The van der Waals surface area contributed by atoms with Gasteiger partial charge in [0.25, 0.3) is 5.91 Å². The Labute approximate surface area is 183 Å². The Bertz CT molecular complexity index is 1210. The second kappa shape index (κ2) is 9.06. The van der Waals surface area contributed by atoms with E-state index in [0.29, 0.717) is 34.9 Å². The van der Waals surface area contributed by atoms with E-state index in [-0.39, 0.29) is 17.4 Å². The van der Waals surface area contributed by atoms with Crippen molar-refractivity contribution in [2.24, 2.45) is 0 Å². The summed E-state index contributed by atoms with van der Waals surface area (Å²) in [6.45, 7) is 2.10. The zero-order valence-corrected chi connectivity index (χ0v) is 17.5. The van der Waals surface area contributed by atoms with E-state index in [1.165, 1.54) is 10.7 Å². The van der Waals surface area contributed by atoms with Gasteiger partial charge in [0, 0.05) is 29.5 Å². The summed E-state index contributed by atoms with van der Waals surface area (Å²) in [6.07, 6.45) is 3.91. The Hall–Kier alpha value is -3.58. The normalized spacial score (nSPS) is 10.8. The molecule has 1 N–H and O–H groups in total. The molecule has 4 rings (SSSR count). The van der Waals surface area contributed by atoms with Gasteiger partial charge >= 0.3 is 0 Å². The van der Waals surface area contributed by atoms with Crippen LogP contribution in [0.1, 0.15) is 21.6 Å². The van der Waals surface area contributed by atoms with Crippen molar-refractivity contribution in [1.29, 1.82) is 0 Å². The highest BCUT2D eigenvalue weighted by Gasteiger charge is 2.22. The Morgan fingerprint density at radius 3 is 2.55 bits per heavy atom. The lowest BCUT2D eigenvalue weighted by molar-refractivity contribution is 0.0949. The number of hydrogen-bond acceptors (Lipinski definition) is 4. The fourth-order valence-corrected chi connectivity index (χ4v) is 3.33. The molecule has 0 spiro atoms. The molecule has 2 aromatic carbocycles. The molecule has 156 valence electrons. The van der Waals surface area contributed by atoms with Gasteiger partial charge in [-0.25, -0.2) is 9.07 Å². The summed E-state index contributed by atoms with van der Waals surface area (Å²) in [5.41, 5.74) is 3.57. The molecule has 0 fully saturated rings. The third kappa shape index (κ3) is 4.62. The second-order valence-electron chi connectivity index (χ2n) is 7.00. The minimum Gasteiger partial charge on any atom is -0.350 e. The Morgan fingerprint density at radius 2 is 1.84 bits per heavy atom. The van der Waals surface area contributed by atoms with Crippen LogP contribution in [0.25, 0.3) is 16.9 Å². The molecule has 0 aliphatic rings. The van der Waals surface area contributed by atoms with Crippen molar-refractivity contribution >= 4 is 17.5 Å². The van der Waals surface area contributed by atoms with Crippen LogP contribution >= 0.6 is 11.6 Å². The van der Waals surface area contributed by atoms with Gasteiger partial charge in [0.15, 0.2) is 5.69 Å². The quantitative estimate of drug-likeness (QED) is 0.487. The minimum absolute atomic E-state index is 0.185. The van der Waals surface area contributed by atoms with Crippen LogP contribution < -0.4 is 5.32 Å². The topological polar surface area (TPSA) is 72.7 Å². The van der Waals surface area contributed by atoms with Crippen LogP contribution in [0, 0.1) is 12.7 Å². The van der Waals surface area contributed by atoms with Crippen LogP contribution in [0.3, 0.4) is 0 Å². The molecule has 0 radical (unpaired) electrons. The number of aromatic nitrogens is 4. The molecule has 2 aromatic heterocycles. The lowest BCUT2D eigenvalue weighted by atomic mass is 10.1. The molecule has 8 heteroatoms. The fourth-order valence-electron chi connectivity index (χ4n) is 3.20. The highest BCUT2D eigenvalue weighted by Crippen LogP contribution is 2.25. The number of amides is 1. The molecule has 0 aliphatic carbocycles. The van der Waals surface area contributed by atoms with Gasteiger partial charge in [0.2, 0.25) is 0 Å². The summed E-state index contributed by atoms with van der Waals surface area (Å²) in [6, 6.07) is 15.7. The first kappa shape index (κ1) is 20.7. The van der Waals surface area contributed by atoms with E-state index < -0.39 is 0 Å². The maximum atomic E-state index is 13.7. The van der Waals surface area contributed by atoms with Crippen molar-refractivity contribution in [3.8, 4) is 16.9 Å². The standard InChI is InChI=1S/C23H19ClFN5O/c1-15-14-19(6-7-20(15)25)30-22(17-9-11-26-12-10-17)21(28-29-30)23(31)27-13-8-16-2-4-18(24)5-3-16/h2-7,9-12,14H,8,13H2,1H3,(H,27,31). The number of nitrogens with zero attached hydrogens (tertiary/aromatic N) is 4. The van der Waals surface area contributed by atoms with E-state index in [1.807, 2.05) is 24.3 Å². The predicted molar refractivity (Wildman–Crippen MR) is 117 cm³/mol. The summed E-state index contributed by atoms with van der Waals surface area (Å²) in [5.74, 6) is -0.652. The third-order valence-electron chi connectivity index (χ3n) is 4.84. The number of pyridine rings is 1. The number of nitrogens with one attached hydrogen (secondary N) is 1. The van der Waals surface area contributed by atoms with Gasteiger partial charge in [0.1, 0.15) is 11.5 Å². The average molecular weight is 436 g/mol. The van der Waals surface area contributed by atoms with Crippen LogP contribution in [0.4, 0.5) is 4.39 Å². The maximum Gasteiger partial charge on any atom is 0.274 e. The number of carbonyl (C=O) groups is 1. The first-order valence-electron chi connectivity index (χ1n) is 9.68. The van der Waals surface area contributed by atoms with Gasteiger partial charge in [-0.15, -0.1) is 5.10 Å². The van der Waals surface area contributed by atoms with Gasteiger partial charge in [-0.3, -0.25) is 9.78 Å². The van der Waals surface area contributed by atoms with Crippen LogP contribution in [0.5, 0.6) is 0 Å². The Kier molecular flexibility index (Phi) is 6.04. The molecule has 0 aliphatic heterocycles. The molecule has 6 nitrogen and oxygen atoms in total. The van der Waals surface area contributed by atoms with Crippen molar-refractivity contribution in [3.63, 3.8) is 0 Å². The molecule has 0 saturated carbocycles. The lowest BCUT2D eigenvalue weighted by Crippen LogP contribution is -2.26. The number of rotatable bonds is 6. The van der Waals surface area contributed by atoms with Gasteiger partial charge in [0.05, 0.1) is 5.69 Å². The lowest BCUT2D eigenvalue weighted by Gasteiger charge is -2.10. The van der Waals surface area contributed by atoms with Crippen LogP contribution in [0.2, 0.25) is 5.02 Å². The van der Waals surface area contributed by atoms with E-state index in [9.17, 15) is 9.18 Å². The summed E-state index contributed by atoms with van der Waals surface area (Å²) in [7, 11) is 0. The maximum absolute atomic E-state index is 13.7. The summed E-state index contributed by atoms with van der Waals surface area (Å²) in [5, 5.41) is 11.9. The van der Waals surface area contributed by atoms with Crippen molar-refractivity contribution in [2.45, 2.75) is 13.3 Å². The Balaban J connectivity index is 1.62. The molecule has 0 unspecified atom stereocenters. The number of halogens is 2. The largest absolute Gasteiger partial charge is 0.350 e. The number of hydrogen-bond donors (Lipinski definition) is 1. The zero-order chi connectivity index (χ0) is 21.8. The van der Waals surface area contributed by atoms with Gasteiger partial charge in [-0.2, -0.15) is 0 Å². The van der Waals surface area contributed by atoms with Crippen molar-refractivity contribution in [1.82, 2.24) is 25.3 Å². The SMILES string of the molecule is Cc1cc(-n2nnc(C(=O)NCCc3ccc(Cl)cc3)c2-c2ccncc2)ccc1F. The van der Waals surface area contributed by atoms with Crippen molar-refractivity contribution < 1.29 is 9.18 Å². The first-order valence-corrected chi connectivity index (χ1v) is 10.1. The van der Waals surface area contributed by atoms with E-state index >= 15 is 0 Å². The van der Waals surface area contributed by atoms with Crippen molar-refractivity contribution in [3.05, 3.63) is 94.7 Å². The molecule has 31 heavy (non-hydrogen) atoms. The summed E-state index contributed by atoms with van der Waals surface area (Å²) in [4.78, 5) is 17.0. The smallest absolute Gasteiger partial charge is 0.274 e. The highest BCUT2D eigenvalue weighted by atomic mass is 35.5. The molecule has 0 bridgehead atoms. The monoisotopic (exact) mass is 435 g/mol. The van der Waals surface area contributed by atoms with E-state index in [4.69, 9.17) is 11.6 Å². The van der Waals surface area contributed by atoms with Crippen molar-refractivity contribution in [2.75, 3.05) is 6.54 Å². The molecular weight excluding hydrogens is 417 g/mol. The minimum atomic E-state index is -0.342. The van der Waals surface area contributed by atoms with Gasteiger partial charge < -0.3 is 5.32 Å². The number of carbonyl (C=O) groups excluding carboxylic acids is 1. The van der Waals surface area contributed by atoms with Gasteiger partial charge in [-0.05, 0) is 66.9 Å². The molecule has 4 aromatic rings. The average Bonchev–Trinajstić information content (AvgIpc) is 3.23. The molecule has 2 heterocycles. The molecule has 0 atom stereocenters. The van der Waals surface area contributed by atoms with Crippen LogP contribution in [-0.4, -0.2) is 32.4 Å². The second-order valence-corrected chi connectivity index (χ2v) is 7.44. The van der Waals surface area contributed by atoms with Crippen LogP contribution in [0.15, 0.2) is 67.0 Å². The molecule has 1 amide bonds. The first-order chi connectivity index (χ1) is 15.0. The zero-order valence-electron chi connectivity index (χ0n) is 16.7. The predicted octanol–water partition coefficient (Wildman–Crippen LogP) is 4.40. The summed E-state index contributed by atoms with van der Waals surface area (Å²) >= 11 is 5.91. The highest BCUT2D eigenvalue weighted by molar-refractivity contribution is 6.30. The Morgan fingerprint density at radius 1 is 1.10 bits per heavy atom. The fraction of sp³-hybridized carbons (Fsp3) is 0.130. The molecular formula is C23H19ClFN5O. The third-order valence-corrected chi connectivity index (χ3v) is 5.09. The number of aryl methyl sites for hydroxylation is 1. The van der Waals surface area contributed by atoms with E-state index in [0.717, 1.165) is 11.1 Å². The number of benzene rings is 2. The van der Waals surface area contributed by atoms with Gasteiger partial charge in [-0.1, -0.05) is 28.9 Å². The van der Waals surface area contributed by atoms with E-state index in [1.54, 1.807) is 43.6 Å². The summed E-state index contributed by atoms with van der Waals surface area (Å²) < 4.78 is 15.3. The molecule has 0 saturated heterocycles.